The van der Waals surface area contributed by atoms with Crippen LogP contribution in [0.15, 0.2) is 146 Å². The Balaban J connectivity index is 4.33. The smallest absolute Gasteiger partial charge is 0.306 e. The molecule has 9 heteroatoms. The van der Waals surface area contributed by atoms with Gasteiger partial charge >= 0.3 is 11.9 Å². The maximum Gasteiger partial charge on any atom is 0.306 e. The molecule has 0 spiro atoms. The van der Waals surface area contributed by atoms with Crippen LogP contribution in [0.2, 0.25) is 0 Å². The zero-order valence-corrected chi connectivity index (χ0v) is 48.6. The van der Waals surface area contributed by atoms with Gasteiger partial charge in [0.2, 0.25) is 0 Å². The summed E-state index contributed by atoms with van der Waals surface area (Å²) in [5.41, 5.74) is 0. The van der Waals surface area contributed by atoms with Crippen LogP contribution in [0.4, 0.5) is 0 Å². The van der Waals surface area contributed by atoms with E-state index in [2.05, 4.69) is 160 Å². The first kappa shape index (κ1) is 71.2. The summed E-state index contributed by atoms with van der Waals surface area (Å²) in [6.07, 6.45) is 79.0. The molecule has 0 aromatic rings. The summed E-state index contributed by atoms with van der Waals surface area (Å²) >= 11 is 0. The third kappa shape index (κ3) is 56.9. The number of carboxylic acid groups (broad SMARTS) is 1. The molecule has 0 aromatic carbocycles. The second-order valence-corrected chi connectivity index (χ2v) is 20.2. The number of carboxylic acids is 1. The maximum atomic E-state index is 12.9. The van der Waals surface area contributed by atoms with E-state index in [0.717, 1.165) is 128 Å². The molecule has 2 atom stereocenters. The molecular weight excluding hydrogens is 947 g/mol. The summed E-state index contributed by atoms with van der Waals surface area (Å²) in [4.78, 5) is 37.2. The average Bonchev–Trinajstić information content (AvgIpc) is 3.39. The van der Waals surface area contributed by atoms with Crippen LogP contribution in [0.1, 0.15) is 200 Å². The lowest BCUT2D eigenvalue weighted by atomic mass is 10.1. The minimum absolute atomic E-state index is 0.132. The van der Waals surface area contributed by atoms with Gasteiger partial charge in [0.1, 0.15) is 13.2 Å². The van der Waals surface area contributed by atoms with E-state index in [1.54, 1.807) is 0 Å². The van der Waals surface area contributed by atoms with Crippen LogP contribution in [-0.2, 0) is 33.3 Å². The van der Waals surface area contributed by atoms with Gasteiger partial charge in [-0.3, -0.25) is 9.59 Å². The molecule has 0 aliphatic carbocycles. The first-order chi connectivity index (χ1) is 37.1. The number of aliphatic carboxylic acids is 1. The van der Waals surface area contributed by atoms with E-state index in [1.165, 1.54) is 32.1 Å². The fourth-order valence-corrected chi connectivity index (χ4v) is 7.30. The van der Waals surface area contributed by atoms with E-state index in [1.807, 2.05) is 21.1 Å². The van der Waals surface area contributed by atoms with Crippen LogP contribution >= 0.6 is 0 Å². The molecule has 0 aliphatic heterocycles. The van der Waals surface area contributed by atoms with Crippen molar-refractivity contribution in [3.05, 3.63) is 146 Å². The van der Waals surface area contributed by atoms with Gasteiger partial charge in [-0.15, -0.1) is 0 Å². The van der Waals surface area contributed by atoms with Crippen molar-refractivity contribution in [2.75, 3.05) is 47.5 Å². The van der Waals surface area contributed by atoms with Crippen molar-refractivity contribution in [3.63, 3.8) is 0 Å². The summed E-state index contributed by atoms with van der Waals surface area (Å²) in [5.74, 6) is -2.36. The number of nitrogens with zero attached hydrogens (tertiary/aromatic N) is 1. The van der Waals surface area contributed by atoms with Crippen LogP contribution in [0, 0.1) is 0 Å². The fraction of sp³-hybridized carbons (Fsp3) is 0.597. The molecule has 0 amide bonds. The van der Waals surface area contributed by atoms with E-state index in [0.29, 0.717) is 23.9 Å². The van der Waals surface area contributed by atoms with Crippen LogP contribution in [0.25, 0.3) is 0 Å². The van der Waals surface area contributed by atoms with Gasteiger partial charge in [0.05, 0.1) is 40.3 Å². The molecule has 2 unspecified atom stereocenters. The highest BCUT2D eigenvalue weighted by atomic mass is 16.7. The van der Waals surface area contributed by atoms with Crippen LogP contribution in [0.5, 0.6) is 0 Å². The number of unbranched alkanes of at least 4 members (excludes halogenated alkanes) is 13. The lowest BCUT2D eigenvalue weighted by molar-refractivity contribution is -0.870. The van der Waals surface area contributed by atoms with Gasteiger partial charge in [0.25, 0.3) is 0 Å². The molecule has 0 saturated carbocycles. The van der Waals surface area contributed by atoms with Crippen molar-refractivity contribution in [3.8, 4) is 0 Å². The Morgan fingerprint density at radius 1 is 0.408 bits per heavy atom. The molecule has 0 saturated heterocycles. The van der Waals surface area contributed by atoms with Gasteiger partial charge < -0.3 is 33.3 Å². The van der Waals surface area contributed by atoms with Gasteiger partial charge in [0.15, 0.2) is 12.4 Å². The van der Waals surface area contributed by atoms with E-state index in [9.17, 15) is 19.5 Å². The number of esters is 2. The fourth-order valence-electron chi connectivity index (χ4n) is 7.30. The topological polar surface area (TPSA) is 111 Å². The van der Waals surface area contributed by atoms with Crippen LogP contribution < -0.4 is 5.11 Å². The first-order valence-electron chi connectivity index (χ1n) is 29.5. The molecule has 0 fully saturated rings. The van der Waals surface area contributed by atoms with Gasteiger partial charge in [-0.2, -0.15) is 0 Å². The van der Waals surface area contributed by atoms with Gasteiger partial charge in [-0.1, -0.05) is 211 Å². The molecular formula is C67H107NO8. The maximum absolute atomic E-state index is 12.9. The number of ether oxygens (including phenoxy) is 4. The third-order valence-electron chi connectivity index (χ3n) is 11.8. The normalized spacial score (nSPS) is 13.9. The Bertz CT molecular complexity index is 1750. The summed E-state index contributed by atoms with van der Waals surface area (Å²) in [6.45, 7) is 4.54. The van der Waals surface area contributed by atoms with Crippen LogP contribution in [-0.4, -0.2) is 82.3 Å². The first-order valence-corrected chi connectivity index (χ1v) is 29.5. The molecule has 0 radical (unpaired) electrons. The van der Waals surface area contributed by atoms with E-state index in [4.69, 9.17) is 18.9 Å². The summed E-state index contributed by atoms with van der Waals surface area (Å²) < 4.78 is 22.6. The lowest BCUT2D eigenvalue weighted by Crippen LogP contribution is -2.44. The summed E-state index contributed by atoms with van der Waals surface area (Å²) in [5, 5.41) is 11.8. The number of likely N-dealkylation sites (N-methyl/N-ethyl adjacent to an activating group) is 1. The number of carbonyl (C=O) groups is 3. The molecule has 0 heterocycles. The highest BCUT2D eigenvalue weighted by Crippen LogP contribution is 2.12. The average molecular weight is 1050 g/mol. The van der Waals surface area contributed by atoms with E-state index < -0.39 is 24.3 Å². The predicted octanol–water partition coefficient (Wildman–Crippen LogP) is 16.3. The highest BCUT2D eigenvalue weighted by molar-refractivity contribution is 5.70. The minimum Gasteiger partial charge on any atom is -0.545 e. The minimum atomic E-state index is -1.64. The van der Waals surface area contributed by atoms with Gasteiger partial charge in [-0.05, 0) is 122 Å². The Labute approximate surface area is 464 Å². The number of hydrogen-bond acceptors (Lipinski definition) is 8. The Hall–Kier alpha value is -4.83. The van der Waals surface area contributed by atoms with Crippen molar-refractivity contribution in [1.29, 1.82) is 0 Å². The van der Waals surface area contributed by atoms with Crippen molar-refractivity contribution in [1.82, 2.24) is 0 Å². The molecule has 428 valence electrons. The van der Waals surface area contributed by atoms with Crippen LogP contribution in [0.3, 0.4) is 0 Å². The van der Waals surface area contributed by atoms with Gasteiger partial charge in [0, 0.05) is 12.8 Å². The Morgan fingerprint density at radius 3 is 1.12 bits per heavy atom. The highest BCUT2D eigenvalue weighted by Gasteiger charge is 2.22. The molecule has 9 nitrogen and oxygen atoms in total. The van der Waals surface area contributed by atoms with Crippen molar-refractivity contribution in [2.45, 2.75) is 212 Å². The van der Waals surface area contributed by atoms with Crippen molar-refractivity contribution < 1.29 is 42.9 Å². The molecule has 0 rings (SSSR count). The molecule has 0 N–H and O–H groups in total. The third-order valence-corrected chi connectivity index (χ3v) is 11.8. The largest absolute Gasteiger partial charge is 0.545 e. The predicted molar refractivity (Wildman–Crippen MR) is 319 cm³/mol. The Kier molecular flexibility index (Phi) is 52.8. The van der Waals surface area contributed by atoms with Crippen molar-refractivity contribution in [2.24, 2.45) is 0 Å². The lowest BCUT2D eigenvalue weighted by Gasteiger charge is -2.26. The summed E-state index contributed by atoms with van der Waals surface area (Å²) in [7, 11) is 5.89. The second kappa shape index (κ2) is 56.4. The molecule has 0 bridgehead atoms. The summed E-state index contributed by atoms with van der Waals surface area (Å²) in [6, 6.07) is 0. The molecule has 0 aliphatic rings. The number of quaternary nitrogens is 1. The molecule has 76 heavy (non-hydrogen) atoms. The quantitative estimate of drug-likeness (QED) is 0.0195. The standard InChI is InChI=1S/C67H107NO8/c1-6-8-10-12-14-16-18-20-22-24-25-26-27-28-29-30-31-32-33-34-35-36-37-38-39-40-41-42-44-46-48-50-52-54-56-58-65(70)76-63(62-75-67(66(71)72)73-60-59-68(3,4)5)61-74-64(69)57-55-53-51-49-47-45-43-23-21-19-17-15-13-11-9-7-2/h8,10,14,16-17,19-20,22-23,25-26,28-29,31-32,34-35,37-38,40-41,43-44,46,63,67H,6-7,9,11-13,15,18,21,24,27,30,33,36,39,42,45,47-62H2,1-5H3/b10-8-,16-14-,19-17-,22-20-,26-25-,29-28-,32-31-,35-34-,38-37-,41-40-,43-23-,46-44-. The SMILES string of the molecule is CC/C=C\C/C=C\C/C=C\C/C=C\C/C=C\C/C=C\C/C=C\C/C=C\C/C=C\C/C=C\CCCCCCC(=O)OC(COC(=O)CCCCCCC/C=C\C/C=C\CCCCCC)COC(OCC[N+](C)(C)C)C(=O)[O-]. The zero-order valence-electron chi connectivity index (χ0n) is 48.6. The number of rotatable bonds is 52. The van der Waals surface area contributed by atoms with E-state index in [-0.39, 0.29) is 38.6 Å². The zero-order chi connectivity index (χ0) is 55.5. The monoisotopic (exact) mass is 1050 g/mol. The molecule has 0 aromatic heterocycles. The second-order valence-electron chi connectivity index (χ2n) is 20.2. The number of allylic oxidation sites excluding steroid dienone is 24. The number of hydrogen-bond donors (Lipinski definition) is 0. The van der Waals surface area contributed by atoms with Gasteiger partial charge in [-0.25, -0.2) is 0 Å². The number of carbonyl (C=O) groups excluding carboxylic acids is 3. The van der Waals surface area contributed by atoms with Crippen molar-refractivity contribution >= 4 is 17.9 Å². The Morgan fingerprint density at radius 2 is 0.750 bits per heavy atom. The van der Waals surface area contributed by atoms with E-state index >= 15 is 0 Å².